The lowest BCUT2D eigenvalue weighted by Gasteiger charge is -2.24. The van der Waals surface area contributed by atoms with Crippen molar-refractivity contribution in [1.29, 1.82) is 0 Å². The summed E-state index contributed by atoms with van der Waals surface area (Å²) in [5.41, 5.74) is 9.11. The SMILES string of the molecule is NC(Cc1ccc(-c2cnn(-c3ccccc3)c2)cc1F)NC(=O)C1NC2CCC1C2. The molecule has 7 heteroatoms. The fraction of sp³-hybridized carbons (Fsp3) is 0.333. The average molecular weight is 420 g/mol. The van der Waals surface area contributed by atoms with Gasteiger partial charge in [0.25, 0.3) is 0 Å². The molecule has 4 unspecified atom stereocenters. The number of nitrogens with one attached hydrogen (secondary N) is 2. The molecule has 1 saturated heterocycles. The van der Waals surface area contributed by atoms with E-state index in [0.717, 1.165) is 36.1 Å². The van der Waals surface area contributed by atoms with Crippen LogP contribution in [0.5, 0.6) is 0 Å². The highest BCUT2D eigenvalue weighted by atomic mass is 19.1. The normalized spacial score (nSPS) is 23.1. The first-order valence-electron chi connectivity index (χ1n) is 10.8. The number of piperidine rings is 1. The Hall–Kier alpha value is -3.03. The summed E-state index contributed by atoms with van der Waals surface area (Å²) in [7, 11) is 0. The number of nitrogens with zero attached hydrogens (tertiary/aromatic N) is 2. The second kappa shape index (κ2) is 8.24. The molecule has 1 aliphatic heterocycles. The smallest absolute Gasteiger partial charge is 0.238 e. The van der Waals surface area contributed by atoms with Crippen LogP contribution in [0.4, 0.5) is 4.39 Å². The number of aromatic nitrogens is 2. The second-order valence-corrected chi connectivity index (χ2v) is 8.55. The fourth-order valence-corrected chi connectivity index (χ4v) is 4.80. The highest BCUT2D eigenvalue weighted by Crippen LogP contribution is 2.35. The highest BCUT2D eigenvalue weighted by molar-refractivity contribution is 5.83. The van der Waals surface area contributed by atoms with Crippen molar-refractivity contribution >= 4 is 5.91 Å². The van der Waals surface area contributed by atoms with E-state index in [0.29, 0.717) is 17.5 Å². The lowest BCUT2D eigenvalue weighted by atomic mass is 9.99. The predicted octanol–water partition coefficient (Wildman–Crippen LogP) is 2.76. The second-order valence-electron chi connectivity index (χ2n) is 8.55. The lowest BCUT2D eigenvalue weighted by Crippen LogP contribution is -2.53. The number of amides is 1. The first-order valence-corrected chi connectivity index (χ1v) is 10.8. The van der Waals surface area contributed by atoms with Crippen molar-refractivity contribution in [3.8, 4) is 16.8 Å². The molecule has 6 nitrogen and oxygen atoms in total. The third kappa shape index (κ3) is 4.11. The Kier molecular flexibility index (Phi) is 5.29. The van der Waals surface area contributed by atoms with Gasteiger partial charge in [0.1, 0.15) is 5.82 Å². The standard InChI is InChI=1S/C24H26FN5O/c25-21-11-15(18-13-27-30(14-18)20-4-2-1-3-5-20)6-7-16(21)12-22(26)29-24(31)23-17-8-9-19(10-17)28-23/h1-7,11,13-14,17,19,22-23,28H,8-10,12,26H2,(H,29,31). The van der Waals surface area contributed by atoms with Crippen molar-refractivity contribution in [2.75, 3.05) is 0 Å². The van der Waals surface area contributed by atoms with Gasteiger partial charge in [-0.05, 0) is 54.5 Å². The van der Waals surface area contributed by atoms with E-state index < -0.39 is 6.17 Å². The summed E-state index contributed by atoms with van der Waals surface area (Å²) in [6.45, 7) is 0. The van der Waals surface area contributed by atoms with Crippen molar-refractivity contribution in [3.05, 3.63) is 72.3 Å². The van der Waals surface area contributed by atoms with Gasteiger partial charge < -0.3 is 16.4 Å². The number of para-hydroxylation sites is 1. The van der Waals surface area contributed by atoms with Crippen LogP contribution < -0.4 is 16.4 Å². The molecule has 2 aromatic carbocycles. The van der Waals surface area contributed by atoms with E-state index >= 15 is 0 Å². The van der Waals surface area contributed by atoms with E-state index in [1.54, 1.807) is 16.9 Å². The van der Waals surface area contributed by atoms with E-state index in [-0.39, 0.29) is 24.2 Å². The number of fused-ring (bicyclic) bond motifs is 2. The quantitative estimate of drug-likeness (QED) is 0.537. The molecule has 2 aliphatic rings. The van der Waals surface area contributed by atoms with Crippen molar-refractivity contribution in [3.63, 3.8) is 0 Å². The van der Waals surface area contributed by atoms with E-state index in [4.69, 9.17) is 5.73 Å². The van der Waals surface area contributed by atoms with Gasteiger partial charge in [-0.15, -0.1) is 0 Å². The van der Waals surface area contributed by atoms with Crippen LogP contribution in [-0.2, 0) is 11.2 Å². The maximum Gasteiger partial charge on any atom is 0.238 e. The van der Waals surface area contributed by atoms with Crippen molar-refractivity contribution in [1.82, 2.24) is 20.4 Å². The number of carbonyl (C=O) groups excluding carboxylic acids is 1. The van der Waals surface area contributed by atoms with Gasteiger partial charge in [0.2, 0.25) is 5.91 Å². The molecule has 4 N–H and O–H groups in total. The number of carbonyl (C=O) groups is 1. The van der Waals surface area contributed by atoms with Crippen LogP contribution >= 0.6 is 0 Å². The van der Waals surface area contributed by atoms with Crippen molar-refractivity contribution in [2.24, 2.45) is 11.7 Å². The van der Waals surface area contributed by atoms with Gasteiger partial charge in [0.05, 0.1) is 24.1 Å². The maximum atomic E-state index is 14.8. The third-order valence-electron chi connectivity index (χ3n) is 6.40. The minimum atomic E-state index is -0.630. The zero-order chi connectivity index (χ0) is 21.4. The molecule has 2 heterocycles. The highest BCUT2D eigenvalue weighted by Gasteiger charge is 2.42. The molecule has 5 rings (SSSR count). The fourth-order valence-electron chi connectivity index (χ4n) is 4.80. The van der Waals surface area contributed by atoms with Crippen LogP contribution in [0, 0.1) is 11.7 Å². The summed E-state index contributed by atoms with van der Waals surface area (Å²) in [6, 6.07) is 15.1. The minimum Gasteiger partial charge on any atom is -0.339 e. The number of hydrogen-bond acceptors (Lipinski definition) is 4. The minimum absolute atomic E-state index is 0.0787. The van der Waals surface area contributed by atoms with E-state index in [9.17, 15) is 9.18 Å². The van der Waals surface area contributed by atoms with Crippen LogP contribution in [0.2, 0.25) is 0 Å². The third-order valence-corrected chi connectivity index (χ3v) is 6.40. The van der Waals surface area contributed by atoms with Gasteiger partial charge in [-0.2, -0.15) is 5.10 Å². The first kappa shape index (κ1) is 19.9. The Morgan fingerprint density at radius 3 is 2.77 bits per heavy atom. The van der Waals surface area contributed by atoms with Crippen molar-refractivity contribution < 1.29 is 9.18 Å². The monoisotopic (exact) mass is 419 g/mol. The number of nitrogens with two attached hydrogens (primary N) is 1. The number of halogens is 1. The summed E-state index contributed by atoms with van der Waals surface area (Å²) < 4.78 is 16.5. The molecule has 4 atom stereocenters. The molecule has 31 heavy (non-hydrogen) atoms. The van der Waals surface area contributed by atoms with E-state index in [1.165, 1.54) is 6.07 Å². The van der Waals surface area contributed by atoms with E-state index in [1.807, 2.05) is 42.6 Å². The topological polar surface area (TPSA) is 85.0 Å². The number of hydrogen-bond donors (Lipinski definition) is 3. The number of rotatable bonds is 6. The van der Waals surface area contributed by atoms with Gasteiger partial charge in [0.15, 0.2) is 0 Å². The summed E-state index contributed by atoms with van der Waals surface area (Å²) in [5, 5.41) is 10.6. The first-order chi connectivity index (χ1) is 15.1. The van der Waals surface area contributed by atoms with Crippen molar-refractivity contribution in [2.45, 2.75) is 43.9 Å². The Morgan fingerprint density at radius 1 is 1.23 bits per heavy atom. The zero-order valence-electron chi connectivity index (χ0n) is 17.2. The predicted molar refractivity (Wildman–Crippen MR) is 117 cm³/mol. The van der Waals surface area contributed by atoms with E-state index in [2.05, 4.69) is 15.7 Å². The molecule has 160 valence electrons. The average Bonchev–Trinajstić information content (AvgIpc) is 3.53. The zero-order valence-corrected chi connectivity index (χ0v) is 17.2. The molecule has 0 radical (unpaired) electrons. The summed E-state index contributed by atoms with van der Waals surface area (Å²) in [4.78, 5) is 12.5. The Morgan fingerprint density at radius 2 is 2.06 bits per heavy atom. The largest absolute Gasteiger partial charge is 0.339 e. The van der Waals surface area contributed by atoms with Crippen LogP contribution in [0.15, 0.2) is 60.9 Å². The molecule has 1 aromatic heterocycles. The van der Waals surface area contributed by atoms with Crippen LogP contribution in [0.25, 0.3) is 16.8 Å². The lowest BCUT2D eigenvalue weighted by molar-refractivity contribution is -0.124. The summed E-state index contributed by atoms with van der Waals surface area (Å²) >= 11 is 0. The van der Waals surface area contributed by atoms with Gasteiger partial charge >= 0.3 is 0 Å². The maximum absolute atomic E-state index is 14.8. The van der Waals surface area contributed by atoms with Gasteiger partial charge in [0, 0.05) is 24.2 Å². The molecular formula is C24H26FN5O. The molecule has 0 spiro atoms. The molecule has 1 amide bonds. The summed E-state index contributed by atoms with van der Waals surface area (Å²) in [6.07, 6.45) is 6.49. The Bertz CT molecular complexity index is 1080. The van der Waals surface area contributed by atoms with Crippen LogP contribution in [0.1, 0.15) is 24.8 Å². The van der Waals surface area contributed by atoms with Gasteiger partial charge in [-0.3, -0.25) is 4.79 Å². The van der Waals surface area contributed by atoms with Gasteiger partial charge in [-0.1, -0.05) is 30.3 Å². The number of benzene rings is 2. The molecule has 2 bridgehead atoms. The Balaban J connectivity index is 1.23. The molecule has 1 aliphatic carbocycles. The van der Waals surface area contributed by atoms with Gasteiger partial charge in [-0.25, -0.2) is 9.07 Å². The molecular weight excluding hydrogens is 393 g/mol. The van der Waals surface area contributed by atoms with Crippen LogP contribution in [-0.4, -0.2) is 33.9 Å². The van der Waals surface area contributed by atoms with Crippen LogP contribution in [0.3, 0.4) is 0 Å². The summed E-state index contributed by atoms with van der Waals surface area (Å²) in [5.74, 6) is -0.0252. The molecule has 2 fully saturated rings. The molecule has 3 aromatic rings. The Labute approximate surface area is 180 Å². The molecule has 1 saturated carbocycles.